The van der Waals surface area contributed by atoms with Crippen molar-refractivity contribution < 1.29 is 19.0 Å². The lowest BCUT2D eigenvalue weighted by atomic mass is 9.89. The van der Waals surface area contributed by atoms with Crippen LogP contribution in [0.15, 0.2) is 40.6 Å². The molecule has 0 saturated carbocycles. The van der Waals surface area contributed by atoms with Gasteiger partial charge in [-0.2, -0.15) is 5.11 Å². The van der Waals surface area contributed by atoms with Crippen molar-refractivity contribution in [2.24, 2.45) is 10.2 Å². The molecule has 0 aromatic heterocycles. The zero-order chi connectivity index (χ0) is 16.8. The molecule has 0 saturated heterocycles. The van der Waals surface area contributed by atoms with Gasteiger partial charge in [0, 0.05) is 14.2 Å². The number of unbranched alkanes of at least 4 members (excludes halogenated alkanes) is 1. The van der Waals surface area contributed by atoms with Crippen LogP contribution >= 0.6 is 0 Å². The molecule has 1 aromatic carbocycles. The zero-order valence-electron chi connectivity index (χ0n) is 13.9. The molecule has 6 heteroatoms. The number of ether oxygens (including phenoxy) is 3. The van der Waals surface area contributed by atoms with Crippen molar-refractivity contribution >= 4 is 5.97 Å². The van der Waals surface area contributed by atoms with E-state index in [-0.39, 0.29) is 19.0 Å². The monoisotopic (exact) mass is 320 g/mol. The Hall–Kier alpha value is -1.79. The number of carbonyl (C=O) groups is 1. The third-order valence-corrected chi connectivity index (χ3v) is 4.08. The first-order chi connectivity index (χ1) is 11.1. The maximum atomic E-state index is 12.7. The van der Waals surface area contributed by atoms with Crippen LogP contribution in [0, 0.1) is 0 Å². The van der Waals surface area contributed by atoms with Gasteiger partial charge in [-0.1, -0.05) is 50.1 Å². The lowest BCUT2D eigenvalue weighted by Gasteiger charge is -2.27. The van der Waals surface area contributed by atoms with Crippen LogP contribution in [0.2, 0.25) is 0 Å². The molecular weight excluding hydrogens is 296 g/mol. The fraction of sp³-hybridized carbons (Fsp3) is 0.588. The van der Waals surface area contributed by atoms with E-state index in [0.717, 1.165) is 18.4 Å². The average molecular weight is 320 g/mol. The number of hydrogen-bond acceptors (Lipinski definition) is 6. The van der Waals surface area contributed by atoms with Crippen molar-refractivity contribution in [1.82, 2.24) is 0 Å². The summed E-state index contributed by atoms with van der Waals surface area (Å²) in [7, 11) is 2.99. The van der Waals surface area contributed by atoms with E-state index in [9.17, 15) is 4.79 Å². The van der Waals surface area contributed by atoms with Crippen molar-refractivity contribution in [3.05, 3.63) is 35.9 Å². The molecule has 2 rings (SSSR count). The lowest BCUT2D eigenvalue weighted by Crippen LogP contribution is -2.42. The summed E-state index contributed by atoms with van der Waals surface area (Å²) >= 11 is 0. The highest BCUT2D eigenvalue weighted by Gasteiger charge is 2.53. The number of nitrogens with zero attached hydrogens (tertiary/aromatic N) is 2. The third kappa shape index (κ3) is 3.95. The van der Waals surface area contributed by atoms with Gasteiger partial charge in [-0.15, -0.1) is 5.11 Å². The van der Waals surface area contributed by atoms with Gasteiger partial charge >= 0.3 is 5.97 Å². The Morgan fingerprint density at radius 1 is 1.17 bits per heavy atom. The molecule has 0 bridgehead atoms. The normalized spacial score (nSPS) is 22.2. The fourth-order valence-corrected chi connectivity index (χ4v) is 2.60. The summed E-state index contributed by atoms with van der Waals surface area (Å²) < 4.78 is 16.1. The number of azo groups is 1. The average Bonchev–Trinajstić information content (AvgIpc) is 3.00. The highest BCUT2D eigenvalue weighted by atomic mass is 16.7. The molecule has 0 N–H and O–H groups in total. The van der Waals surface area contributed by atoms with Crippen LogP contribution in [0.3, 0.4) is 0 Å². The van der Waals surface area contributed by atoms with E-state index < -0.39 is 11.4 Å². The highest BCUT2D eigenvalue weighted by Crippen LogP contribution is 2.40. The van der Waals surface area contributed by atoms with Crippen LogP contribution in [0.4, 0.5) is 0 Å². The second-order valence-corrected chi connectivity index (χ2v) is 5.69. The number of carbonyl (C=O) groups excluding carboxylic acids is 1. The Balaban J connectivity index is 2.09. The van der Waals surface area contributed by atoms with E-state index >= 15 is 0 Å². The van der Waals surface area contributed by atoms with Crippen molar-refractivity contribution in [3.63, 3.8) is 0 Å². The van der Waals surface area contributed by atoms with E-state index in [1.807, 2.05) is 30.3 Å². The minimum absolute atomic E-state index is 0.218. The Morgan fingerprint density at radius 3 is 2.43 bits per heavy atom. The minimum Gasteiger partial charge on any atom is -0.459 e. The highest BCUT2D eigenvalue weighted by molar-refractivity contribution is 5.81. The second kappa shape index (κ2) is 7.66. The standard InChI is InChI=1S/C17H24N2O4/c1-4-5-11-16(13-17(21-2,22-3)19-18-16)15(20)23-12-14-9-7-6-8-10-14/h6-10H,4-5,11-13H2,1-3H3. The largest absolute Gasteiger partial charge is 0.459 e. The minimum atomic E-state index is -1.19. The maximum Gasteiger partial charge on any atom is 0.336 e. The Morgan fingerprint density at radius 2 is 1.87 bits per heavy atom. The first kappa shape index (κ1) is 17.6. The molecule has 0 aliphatic carbocycles. The first-order valence-corrected chi connectivity index (χ1v) is 7.85. The smallest absolute Gasteiger partial charge is 0.336 e. The SMILES string of the molecule is CCCCC1(C(=O)OCc2ccccc2)CC(OC)(OC)N=N1. The number of esters is 1. The van der Waals surface area contributed by atoms with Gasteiger partial charge in [-0.3, -0.25) is 0 Å². The molecule has 1 aliphatic rings. The molecule has 23 heavy (non-hydrogen) atoms. The summed E-state index contributed by atoms with van der Waals surface area (Å²) in [6.45, 7) is 2.28. The van der Waals surface area contributed by atoms with Crippen LogP contribution in [-0.2, 0) is 25.6 Å². The summed E-state index contributed by atoms with van der Waals surface area (Å²) in [4.78, 5) is 12.7. The maximum absolute atomic E-state index is 12.7. The topological polar surface area (TPSA) is 69.5 Å². The molecular formula is C17H24N2O4. The lowest BCUT2D eigenvalue weighted by molar-refractivity contribution is -0.205. The summed E-state index contributed by atoms with van der Waals surface area (Å²) in [5.41, 5.74) is -0.0947. The van der Waals surface area contributed by atoms with Crippen LogP contribution in [0.5, 0.6) is 0 Å². The molecule has 1 atom stereocenters. The van der Waals surface area contributed by atoms with E-state index in [2.05, 4.69) is 17.2 Å². The van der Waals surface area contributed by atoms with Gasteiger partial charge in [-0.05, 0) is 12.0 Å². The van der Waals surface area contributed by atoms with Crippen LogP contribution in [0.1, 0.15) is 38.2 Å². The van der Waals surface area contributed by atoms with E-state index in [4.69, 9.17) is 14.2 Å². The quantitative estimate of drug-likeness (QED) is 0.543. The van der Waals surface area contributed by atoms with Crippen LogP contribution in [-0.4, -0.2) is 31.6 Å². The molecule has 0 amide bonds. The van der Waals surface area contributed by atoms with Gasteiger partial charge in [0.15, 0.2) is 5.54 Å². The first-order valence-electron chi connectivity index (χ1n) is 7.85. The van der Waals surface area contributed by atoms with Crippen molar-refractivity contribution in [2.75, 3.05) is 14.2 Å². The van der Waals surface area contributed by atoms with Crippen molar-refractivity contribution in [3.8, 4) is 0 Å². The summed E-state index contributed by atoms with van der Waals surface area (Å²) in [6.07, 6.45) is 2.61. The van der Waals surface area contributed by atoms with Gasteiger partial charge in [-0.25, -0.2) is 4.79 Å². The van der Waals surface area contributed by atoms with E-state index in [1.54, 1.807) is 0 Å². The second-order valence-electron chi connectivity index (χ2n) is 5.69. The molecule has 126 valence electrons. The number of benzene rings is 1. The number of methoxy groups -OCH3 is 2. The number of rotatable bonds is 8. The third-order valence-electron chi connectivity index (χ3n) is 4.08. The zero-order valence-corrected chi connectivity index (χ0v) is 13.9. The Kier molecular flexibility index (Phi) is 5.85. The Bertz CT molecular complexity index is 543. The van der Waals surface area contributed by atoms with Gasteiger partial charge in [0.2, 0.25) is 0 Å². The summed E-state index contributed by atoms with van der Waals surface area (Å²) in [5.74, 6) is -1.57. The molecule has 1 aliphatic heterocycles. The molecule has 0 fully saturated rings. The van der Waals surface area contributed by atoms with Crippen LogP contribution in [0.25, 0.3) is 0 Å². The summed E-state index contributed by atoms with van der Waals surface area (Å²) in [5, 5.41) is 8.28. The molecule has 6 nitrogen and oxygen atoms in total. The van der Waals surface area contributed by atoms with Gasteiger partial charge in [0.1, 0.15) is 6.61 Å². The van der Waals surface area contributed by atoms with Gasteiger partial charge in [0.25, 0.3) is 5.91 Å². The predicted octanol–water partition coefficient (Wildman–Crippen LogP) is 3.46. The fourth-order valence-electron chi connectivity index (χ4n) is 2.60. The Labute approximate surface area is 136 Å². The van der Waals surface area contributed by atoms with Gasteiger partial charge < -0.3 is 14.2 Å². The molecule has 1 heterocycles. The molecule has 0 radical (unpaired) electrons. The number of hydrogen-bond donors (Lipinski definition) is 0. The summed E-state index contributed by atoms with van der Waals surface area (Å²) in [6, 6.07) is 9.57. The van der Waals surface area contributed by atoms with Crippen LogP contribution < -0.4 is 0 Å². The van der Waals surface area contributed by atoms with Crippen molar-refractivity contribution in [1.29, 1.82) is 0 Å². The molecule has 1 aromatic rings. The van der Waals surface area contributed by atoms with Crippen molar-refractivity contribution in [2.45, 2.75) is 50.7 Å². The van der Waals surface area contributed by atoms with Gasteiger partial charge in [0.05, 0.1) is 6.42 Å². The molecule has 1 unspecified atom stereocenters. The van der Waals surface area contributed by atoms with E-state index in [1.165, 1.54) is 14.2 Å². The van der Waals surface area contributed by atoms with E-state index in [0.29, 0.717) is 6.42 Å². The predicted molar refractivity (Wildman–Crippen MR) is 84.7 cm³/mol. The molecule has 0 spiro atoms.